The van der Waals surface area contributed by atoms with Crippen molar-refractivity contribution in [1.82, 2.24) is 0 Å². The fraction of sp³-hybridized carbons (Fsp3) is 1.00. The largest absolute Gasteiger partial charge is 2.00 e. The molecule has 0 aliphatic heterocycles. The van der Waals surface area contributed by atoms with Crippen molar-refractivity contribution in [3.05, 3.63) is 0 Å². The Morgan fingerprint density at radius 1 is 1.00 bits per heavy atom. The summed E-state index contributed by atoms with van der Waals surface area (Å²) in [6.07, 6.45) is 0. The van der Waals surface area contributed by atoms with E-state index in [9.17, 15) is 18.9 Å². The maximum atomic E-state index is 10.3. The minimum atomic E-state index is -4.76. The van der Waals surface area contributed by atoms with Gasteiger partial charge in [0.15, 0.2) is 0 Å². The van der Waals surface area contributed by atoms with E-state index in [2.05, 4.69) is 13.4 Å². The van der Waals surface area contributed by atoms with E-state index in [0.29, 0.717) is 0 Å². The molecule has 0 radical (unpaired) electrons. The van der Waals surface area contributed by atoms with Gasteiger partial charge in [0.25, 0.3) is 15.6 Å². The summed E-state index contributed by atoms with van der Waals surface area (Å²) in [6.45, 7) is 0. The zero-order chi connectivity index (χ0) is 9.12. The molecule has 0 saturated carbocycles. The monoisotopic (exact) mass is 268 g/mol. The van der Waals surface area contributed by atoms with E-state index in [-0.39, 0.29) is 19.5 Å². The minimum absolute atomic E-state index is 0. The Morgan fingerprint density at radius 3 is 1.42 bits per heavy atom. The molecule has 0 N–H and O–H groups in total. The number of phosphoric acid groups is 2. The molecule has 68 valence electrons. The predicted octanol–water partition coefficient (Wildman–Crippen LogP) is -0.770. The summed E-state index contributed by atoms with van der Waals surface area (Å²) in [4.78, 5) is 20.6. The summed E-state index contributed by atoms with van der Waals surface area (Å²) in [6, 6.07) is 0. The second-order valence-electron chi connectivity index (χ2n) is 1.34. The van der Waals surface area contributed by atoms with Gasteiger partial charge >= 0.3 is 19.5 Å². The minimum Gasteiger partial charge on any atom is -0.756 e. The Balaban J connectivity index is 0. The van der Waals surface area contributed by atoms with Gasteiger partial charge < -0.3 is 18.8 Å². The summed E-state index contributed by atoms with van der Waals surface area (Å²) in [5, 5.41) is 0. The molecule has 0 aliphatic rings. The maximum absolute atomic E-state index is 10.3. The molecule has 0 rings (SSSR count). The van der Waals surface area contributed by atoms with E-state index in [0.717, 1.165) is 14.2 Å². The van der Waals surface area contributed by atoms with Crippen molar-refractivity contribution < 1.29 is 51.8 Å². The number of rotatable bonds is 4. The van der Waals surface area contributed by atoms with E-state index in [1.807, 2.05) is 0 Å². The van der Waals surface area contributed by atoms with Crippen LogP contribution in [0.3, 0.4) is 0 Å². The van der Waals surface area contributed by atoms with Crippen LogP contribution in [0, 0.1) is 0 Å². The second kappa shape index (κ2) is 5.58. The summed E-state index contributed by atoms with van der Waals surface area (Å²) in [5.41, 5.74) is 0. The van der Waals surface area contributed by atoms with Gasteiger partial charge in [0.2, 0.25) is 0 Å². The summed E-state index contributed by atoms with van der Waals surface area (Å²) in [5.74, 6) is 0. The van der Waals surface area contributed by atoms with Crippen molar-refractivity contribution in [2.24, 2.45) is 0 Å². The normalized spacial score (nSPS) is 20.3. The number of hydrogen-bond acceptors (Lipinski definition) is 7. The standard InChI is InChI=1S/C2H8O7P2.Zn/c1-7-10(3,4)9-11(5,6)8-2;/h1-2H3,(H,3,4)(H,5,6);/q;+2/p-2. The third-order valence-corrected chi connectivity index (χ3v) is 3.14. The smallest absolute Gasteiger partial charge is 0.756 e. The average molecular weight is 269 g/mol. The number of hydrogen-bond donors (Lipinski definition) is 0. The summed E-state index contributed by atoms with van der Waals surface area (Å²) in [7, 11) is -7.99. The Kier molecular flexibility index (Phi) is 7.14. The molecule has 0 aromatic carbocycles. The van der Waals surface area contributed by atoms with Crippen LogP contribution in [0.25, 0.3) is 0 Å². The van der Waals surface area contributed by atoms with Crippen molar-refractivity contribution in [3.63, 3.8) is 0 Å². The first-order valence-electron chi connectivity index (χ1n) is 2.28. The molecule has 0 fully saturated rings. The molecule has 0 amide bonds. The molecule has 2 unspecified atom stereocenters. The topological polar surface area (TPSA) is 108 Å². The van der Waals surface area contributed by atoms with Gasteiger partial charge in [0.05, 0.1) is 0 Å². The fourth-order valence-electron chi connectivity index (χ4n) is 0.189. The zero-order valence-corrected chi connectivity index (χ0v) is 11.2. The third-order valence-electron chi connectivity index (χ3n) is 0.647. The molecule has 0 aromatic rings. The number of phosphoric ester groups is 2. The van der Waals surface area contributed by atoms with Crippen LogP contribution in [0.2, 0.25) is 0 Å². The van der Waals surface area contributed by atoms with Crippen molar-refractivity contribution in [2.75, 3.05) is 14.2 Å². The van der Waals surface area contributed by atoms with Crippen LogP contribution >= 0.6 is 15.6 Å². The van der Waals surface area contributed by atoms with Gasteiger partial charge in [-0.1, -0.05) is 0 Å². The second-order valence-corrected chi connectivity index (χ2v) is 4.51. The molecule has 2 atom stereocenters. The molecular weight excluding hydrogens is 263 g/mol. The van der Waals surface area contributed by atoms with E-state index in [1.165, 1.54) is 0 Å². The molecule has 0 spiro atoms. The van der Waals surface area contributed by atoms with Gasteiger partial charge in [-0.3, -0.25) is 9.13 Å². The van der Waals surface area contributed by atoms with Crippen molar-refractivity contribution in [1.29, 1.82) is 0 Å². The Hall–Kier alpha value is 0.883. The van der Waals surface area contributed by atoms with Gasteiger partial charge in [-0.25, -0.2) is 4.31 Å². The third kappa shape index (κ3) is 6.40. The predicted molar refractivity (Wildman–Crippen MR) is 30.3 cm³/mol. The van der Waals surface area contributed by atoms with Crippen LogP contribution in [-0.2, 0) is 42.0 Å². The van der Waals surface area contributed by atoms with Gasteiger partial charge in [0, 0.05) is 14.2 Å². The Morgan fingerprint density at radius 2 is 1.25 bits per heavy atom. The van der Waals surface area contributed by atoms with Gasteiger partial charge in [-0.05, 0) is 0 Å². The molecule has 0 aromatic heterocycles. The Bertz CT molecular complexity index is 193. The van der Waals surface area contributed by atoms with Crippen LogP contribution < -0.4 is 9.79 Å². The quantitative estimate of drug-likeness (QED) is 0.487. The molecular formula is C2H6O7P2Zn. The van der Waals surface area contributed by atoms with Crippen molar-refractivity contribution >= 4 is 15.6 Å². The Labute approximate surface area is 82.0 Å². The molecule has 7 nitrogen and oxygen atoms in total. The SMILES string of the molecule is COP(=O)([O-])OP(=O)([O-])OC.[Zn+2]. The van der Waals surface area contributed by atoms with E-state index >= 15 is 0 Å². The average Bonchev–Trinajstić information content (AvgIpc) is 1.86. The molecule has 10 heteroatoms. The first kappa shape index (κ1) is 15.4. The van der Waals surface area contributed by atoms with Crippen LogP contribution in [-0.4, -0.2) is 14.2 Å². The van der Waals surface area contributed by atoms with Crippen LogP contribution in [0.4, 0.5) is 0 Å². The van der Waals surface area contributed by atoms with Crippen LogP contribution in [0.1, 0.15) is 0 Å². The molecule has 0 aliphatic carbocycles. The molecule has 0 bridgehead atoms. The van der Waals surface area contributed by atoms with Crippen LogP contribution in [0.5, 0.6) is 0 Å². The van der Waals surface area contributed by atoms with Gasteiger partial charge in [-0.15, -0.1) is 0 Å². The summed E-state index contributed by atoms with van der Waals surface area (Å²) >= 11 is 0. The molecule has 0 heterocycles. The molecule has 12 heavy (non-hydrogen) atoms. The summed E-state index contributed by atoms with van der Waals surface area (Å²) < 4.78 is 31.5. The van der Waals surface area contributed by atoms with E-state index in [4.69, 9.17) is 0 Å². The van der Waals surface area contributed by atoms with Crippen molar-refractivity contribution in [2.45, 2.75) is 0 Å². The first-order valence-corrected chi connectivity index (χ1v) is 5.20. The first-order chi connectivity index (χ1) is 4.83. The van der Waals surface area contributed by atoms with Crippen LogP contribution in [0.15, 0.2) is 0 Å². The van der Waals surface area contributed by atoms with Gasteiger partial charge in [0.1, 0.15) is 0 Å². The van der Waals surface area contributed by atoms with Gasteiger partial charge in [-0.2, -0.15) is 0 Å². The van der Waals surface area contributed by atoms with E-state index < -0.39 is 15.6 Å². The molecule has 0 saturated heterocycles. The maximum Gasteiger partial charge on any atom is 2.00 e. The van der Waals surface area contributed by atoms with Crippen molar-refractivity contribution in [3.8, 4) is 0 Å². The van der Waals surface area contributed by atoms with E-state index in [1.54, 1.807) is 0 Å². The zero-order valence-electron chi connectivity index (χ0n) is 6.46. The fourth-order valence-corrected chi connectivity index (χ4v) is 1.70.